The van der Waals surface area contributed by atoms with Crippen molar-refractivity contribution in [3.05, 3.63) is 18.2 Å². The molecule has 8 heteroatoms. The van der Waals surface area contributed by atoms with Crippen molar-refractivity contribution < 1.29 is 14.3 Å². The van der Waals surface area contributed by atoms with Gasteiger partial charge < -0.3 is 14.4 Å². The summed E-state index contributed by atoms with van der Waals surface area (Å²) in [6.07, 6.45) is 7.11. The smallest absolute Gasteiger partial charge is 0.233 e. The van der Waals surface area contributed by atoms with Crippen LogP contribution in [0.1, 0.15) is 58.4 Å². The van der Waals surface area contributed by atoms with E-state index in [-0.39, 0.29) is 5.91 Å². The molecule has 4 rings (SSSR count). The van der Waals surface area contributed by atoms with Gasteiger partial charge in [-0.25, -0.2) is 0 Å². The first-order valence-corrected chi connectivity index (χ1v) is 13.1. The van der Waals surface area contributed by atoms with Crippen LogP contribution in [0.5, 0.6) is 11.5 Å². The average molecular weight is 473 g/mol. The minimum atomic E-state index is 0.198. The second kappa shape index (κ2) is 10.8. The highest BCUT2D eigenvalue weighted by Gasteiger charge is 2.28. The molecular formula is C25H36N4O3S. The summed E-state index contributed by atoms with van der Waals surface area (Å²) in [5.41, 5.74) is 0.947. The van der Waals surface area contributed by atoms with Crippen molar-refractivity contribution in [2.24, 2.45) is 11.8 Å². The summed E-state index contributed by atoms with van der Waals surface area (Å²) in [7, 11) is 3.28. The molecule has 180 valence electrons. The Hall–Kier alpha value is -2.22. The number of nitrogens with zero attached hydrogens (tertiary/aromatic N) is 4. The largest absolute Gasteiger partial charge is 0.493 e. The van der Waals surface area contributed by atoms with E-state index >= 15 is 0 Å². The van der Waals surface area contributed by atoms with Gasteiger partial charge in [0.05, 0.1) is 20.0 Å². The number of carbonyl (C=O) groups excluding carboxylic acids is 1. The number of methoxy groups -OCH3 is 2. The van der Waals surface area contributed by atoms with Gasteiger partial charge in [-0.05, 0) is 49.3 Å². The first kappa shape index (κ1) is 23.9. The normalized spacial score (nSPS) is 21.8. The number of rotatable bonds is 7. The zero-order chi connectivity index (χ0) is 23.4. The molecule has 1 aliphatic carbocycles. The highest BCUT2D eigenvalue weighted by molar-refractivity contribution is 7.99. The first-order valence-electron chi connectivity index (χ1n) is 12.1. The number of piperidine rings is 1. The van der Waals surface area contributed by atoms with E-state index in [1.54, 1.807) is 14.2 Å². The highest BCUT2D eigenvalue weighted by Crippen LogP contribution is 2.38. The van der Waals surface area contributed by atoms with Crippen molar-refractivity contribution in [2.45, 2.75) is 63.6 Å². The molecule has 7 nitrogen and oxygen atoms in total. The summed E-state index contributed by atoms with van der Waals surface area (Å²) in [4.78, 5) is 15.0. The number of likely N-dealkylation sites (tertiary alicyclic amines) is 1. The van der Waals surface area contributed by atoms with E-state index in [0.717, 1.165) is 42.5 Å². The zero-order valence-corrected chi connectivity index (χ0v) is 21.1. The Morgan fingerprint density at radius 2 is 1.73 bits per heavy atom. The number of thioether (sulfide) groups is 1. The molecule has 1 amide bonds. The molecule has 33 heavy (non-hydrogen) atoms. The van der Waals surface area contributed by atoms with E-state index in [2.05, 4.69) is 28.6 Å². The number of aromatic nitrogens is 3. The van der Waals surface area contributed by atoms with Crippen molar-refractivity contribution in [3.63, 3.8) is 0 Å². The maximum absolute atomic E-state index is 13.0. The molecule has 0 radical (unpaired) electrons. The van der Waals surface area contributed by atoms with Gasteiger partial charge in [-0.15, -0.1) is 10.2 Å². The Balaban J connectivity index is 1.58. The number of hydrogen-bond donors (Lipinski definition) is 0. The molecule has 0 bridgehead atoms. The fraction of sp³-hybridized carbons (Fsp3) is 0.640. The summed E-state index contributed by atoms with van der Waals surface area (Å²) in [5.74, 6) is 3.91. The van der Waals surface area contributed by atoms with Crippen molar-refractivity contribution in [1.29, 1.82) is 0 Å². The van der Waals surface area contributed by atoms with Crippen LogP contribution in [0.3, 0.4) is 0 Å². The highest BCUT2D eigenvalue weighted by atomic mass is 32.2. The summed E-state index contributed by atoms with van der Waals surface area (Å²) >= 11 is 1.52. The number of benzene rings is 1. The standard InChI is InChI=1S/C25H36N4O3S/c1-17-12-18(2)15-28(14-17)23(30)16-33-25-27-26-24(29(25)20-8-6-5-7-9-20)19-10-11-21(31-3)22(13-19)32-4/h10-11,13,17-18,20H,5-9,12,14-16H2,1-4H3/t17-,18+. The minimum absolute atomic E-state index is 0.198. The van der Waals surface area contributed by atoms with Crippen molar-refractivity contribution in [1.82, 2.24) is 19.7 Å². The summed E-state index contributed by atoms with van der Waals surface area (Å²) < 4.78 is 13.2. The lowest BCUT2D eigenvalue weighted by molar-refractivity contribution is -0.130. The fourth-order valence-corrected chi connectivity index (χ4v) is 6.21. The summed E-state index contributed by atoms with van der Waals surface area (Å²) in [5, 5.41) is 9.96. The molecule has 0 spiro atoms. The maximum atomic E-state index is 13.0. The lowest BCUT2D eigenvalue weighted by Crippen LogP contribution is -2.43. The third kappa shape index (κ3) is 5.48. The van der Waals surface area contributed by atoms with Gasteiger partial charge in [0.1, 0.15) is 0 Å². The lowest BCUT2D eigenvalue weighted by atomic mass is 9.92. The van der Waals surface area contributed by atoms with Gasteiger partial charge in [-0.1, -0.05) is 44.9 Å². The second-order valence-electron chi connectivity index (χ2n) is 9.57. The van der Waals surface area contributed by atoms with E-state index < -0.39 is 0 Å². The summed E-state index contributed by atoms with van der Waals surface area (Å²) in [6, 6.07) is 6.21. The number of carbonyl (C=O) groups is 1. The van der Waals surface area contributed by atoms with Crippen LogP contribution in [0.4, 0.5) is 0 Å². The molecule has 1 saturated carbocycles. The average Bonchev–Trinajstić information content (AvgIpc) is 3.26. The molecule has 2 heterocycles. The maximum Gasteiger partial charge on any atom is 0.233 e. The van der Waals surface area contributed by atoms with Crippen LogP contribution >= 0.6 is 11.8 Å². The first-order chi connectivity index (χ1) is 16.0. The van der Waals surface area contributed by atoms with Gasteiger partial charge in [0, 0.05) is 24.7 Å². The summed E-state index contributed by atoms with van der Waals surface area (Å²) in [6.45, 7) is 6.18. The molecular weight excluding hydrogens is 436 g/mol. The van der Waals surface area contributed by atoms with Crippen LogP contribution < -0.4 is 9.47 Å². The Labute approximate surface area is 201 Å². The number of ether oxygens (including phenoxy) is 2. The minimum Gasteiger partial charge on any atom is -0.493 e. The van der Waals surface area contributed by atoms with E-state index in [4.69, 9.17) is 9.47 Å². The van der Waals surface area contributed by atoms with E-state index in [0.29, 0.717) is 35.1 Å². The van der Waals surface area contributed by atoms with Crippen LogP contribution in [-0.4, -0.2) is 58.6 Å². The Kier molecular flexibility index (Phi) is 7.83. The quantitative estimate of drug-likeness (QED) is 0.525. The van der Waals surface area contributed by atoms with Gasteiger partial charge in [0.15, 0.2) is 22.5 Å². The topological polar surface area (TPSA) is 69.5 Å². The lowest BCUT2D eigenvalue weighted by Gasteiger charge is -2.35. The molecule has 2 atom stereocenters. The SMILES string of the molecule is COc1ccc(-c2nnc(SCC(=O)N3C[C@H](C)C[C@H](C)C3)n2C2CCCCC2)cc1OC. The Bertz CT molecular complexity index is 947. The third-order valence-electron chi connectivity index (χ3n) is 6.79. The molecule has 1 aromatic carbocycles. The Morgan fingerprint density at radius 3 is 2.39 bits per heavy atom. The van der Waals surface area contributed by atoms with Crippen LogP contribution in [0.2, 0.25) is 0 Å². The molecule has 2 fully saturated rings. The Morgan fingerprint density at radius 1 is 1.03 bits per heavy atom. The van der Waals surface area contributed by atoms with Crippen molar-refractivity contribution in [2.75, 3.05) is 33.1 Å². The zero-order valence-electron chi connectivity index (χ0n) is 20.2. The number of hydrogen-bond acceptors (Lipinski definition) is 6. The third-order valence-corrected chi connectivity index (χ3v) is 7.72. The predicted octanol–water partition coefficient (Wildman–Crippen LogP) is 5.06. The predicted molar refractivity (Wildman–Crippen MR) is 131 cm³/mol. The second-order valence-corrected chi connectivity index (χ2v) is 10.5. The van der Waals surface area contributed by atoms with E-state index in [1.807, 2.05) is 23.1 Å². The van der Waals surface area contributed by atoms with E-state index in [9.17, 15) is 4.79 Å². The molecule has 0 unspecified atom stereocenters. The van der Waals surface area contributed by atoms with Gasteiger partial charge in [-0.2, -0.15) is 0 Å². The molecule has 2 aliphatic rings. The molecule has 1 aliphatic heterocycles. The van der Waals surface area contributed by atoms with Crippen LogP contribution in [0.15, 0.2) is 23.4 Å². The van der Waals surface area contributed by atoms with Gasteiger partial charge in [-0.3, -0.25) is 9.36 Å². The molecule has 1 aromatic heterocycles. The van der Waals surface area contributed by atoms with Crippen molar-refractivity contribution >= 4 is 17.7 Å². The fourth-order valence-electron chi connectivity index (χ4n) is 5.30. The van der Waals surface area contributed by atoms with Crippen molar-refractivity contribution in [3.8, 4) is 22.9 Å². The van der Waals surface area contributed by atoms with E-state index in [1.165, 1.54) is 37.4 Å². The number of amides is 1. The van der Waals surface area contributed by atoms with Crippen LogP contribution in [0.25, 0.3) is 11.4 Å². The van der Waals surface area contributed by atoms with Gasteiger partial charge in [0.25, 0.3) is 0 Å². The monoisotopic (exact) mass is 472 g/mol. The van der Waals surface area contributed by atoms with Gasteiger partial charge >= 0.3 is 0 Å². The van der Waals surface area contributed by atoms with Crippen LogP contribution in [0, 0.1) is 11.8 Å². The van der Waals surface area contributed by atoms with Crippen LogP contribution in [-0.2, 0) is 4.79 Å². The molecule has 0 N–H and O–H groups in total. The molecule has 1 saturated heterocycles. The molecule has 2 aromatic rings. The van der Waals surface area contributed by atoms with Gasteiger partial charge in [0.2, 0.25) is 5.91 Å².